The van der Waals surface area contributed by atoms with Crippen LogP contribution in [0.2, 0.25) is 0 Å². The summed E-state index contributed by atoms with van der Waals surface area (Å²) in [6, 6.07) is 12.7. The van der Waals surface area contributed by atoms with Crippen LogP contribution in [0.25, 0.3) is 0 Å². The standard InChI is InChI=1S/C24H28FN3O3/c1-16(2)26-24(31)20-7-3-4-8-21(20)27-23(30)18-6-5-13-28(15-18)22(29)14-17-9-11-19(25)12-10-17/h3-4,7-12,16,18H,5-6,13-15H2,1-2H3,(H,26,31)(H,27,30). The summed E-state index contributed by atoms with van der Waals surface area (Å²) >= 11 is 0. The van der Waals surface area contributed by atoms with Crippen LogP contribution in [0.1, 0.15) is 42.6 Å². The number of nitrogens with zero attached hydrogens (tertiary/aromatic N) is 1. The average molecular weight is 426 g/mol. The largest absolute Gasteiger partial charge is 0.350 e. The molecule has 1 unspecified atom stereocenters. The summed E-state index contributed by atoms with van der Waals surface area (Å²) in [6.07, 6.45) is 1.57. The number of nitrogens with one attached hydrogen (secondary N) is 2. The first kappa shape index (κ1) is 22.5. The number of carbonyl (C=O) groups is 3. The summed E-state index contributed by atoms with van der Waals surface area (Å²) < 4.78 is 13.1. The van der Waals surface area contributed by atoms with Gasteiger partial charge in [-0.15, -0.1) is 0 Å². The molecule has 0 saturated carbocycles. The van der Waals surface area contributed by atoms with Gasteiger partial charge in [-0.2, -0.15) is 0 Å². The SMILES string of the molecule is CC(C)NC(=O)c1ccccc1NC(=O)C1CCCN(C(=O)Cc2ccc(F)cc2)C1. The zero-order chi connectivity index (χ0) is 22.4. The fourth-order valence-corrected chi connectivity index (χ4v) is 3.67. The van der Waals surface area contributed by atoms with E-state index in [0.717, 1.165) is 12.0 Å². The molecule has 0 spiro atoms. The van der Waals surface area contributed by atoms with Crippen molar-refractivity contribution in [1.82, 2.24) is 10.2 Å². The van der Waals surface area contributed by atoms with E-state index in [1.807, 2.05) is 13.8 Å². The monoisotopic (exact) mass is 425 g/mol. The molecule has 3 rings (SSSR count). The van der Waals surface area contributed by atoms with Crippen LogP contribution in [0, 0.1) is 11.7 Å². The molecule has 2 aromatic rings. The minimum absolute atomic E-state index is 0.0183. The molecule has 0 aromatic heterocycles. The molecule has 2 N–H and O–H groups in total. The third-order valence-corrected chi connectivity index (χ3v) is 5.26. The lowest BCUT2D eigenvalue weighted by Crippen LogP contribution is -2.44. The quantitative estimate of drug-likeness (QED) is 0.745. The predicted octanol–water partition coefficient (Wildman–Crippen LogP) is 3.38. The third-order valence-electron chi connectivity index (χ3n) is 5.26. The summed E-state index contributed by atoms with van der Waals surface area (Å²) in [5.74, 6) is -1.23. The second-order valence-electron chi connectivity index (χ2n) is 8.15. The highest BCUT2D eigenvalue weighted by Gasteiger charge is 2.29. The maximum absolute atomic E-state index is 13.1. The van der Waals surface area contributed by atoms with Gasteiger partial charge in [-0.25, -0.2) is 4.39 Å². The Morgan fingerprint density at radius 2 is 1.81 bits per heavy atom. The zero-order valence-electron chi connectivity index (χ0n) is 17.9. The van der Waals surface area contributed by atoms with E-state index in [-0.39, 0.29) is 41.9 Å². The van der Waals surface area contributed by atoms with Gasteiger partial charge >= 0.3 is 0 Å². The number of benzene rings is 2. The smallest absolute Gasteiger partial charge is 0.253 e. The van der Waals surface area contributed by atoms with Gasteiger partial charge in [0.15, 0.2) is 0 Å². The summed E-state index contributed by atoms with van der Waals surface area (Å²) in [7, 11) is 0. The molecule has 0 radical (unpaired) electrons. The number of hydrogen-bond donors (Lipinski definition) is 2. The van der Waals surface area contributed by atoms with Crippen molar-refractivity contribution in [2.24, 2.45) is 5.92 Å². The van der Waals surface area contributed by atoms with Crippen molar-refractivity contribution in [1.29, 1.82) is 0 Å². The molecule has 164 valence electrons. The first-order valence-corrected chi connectivity index (χ1v) is 10.6. The van der Waals surface area contributed by atoms with E-state index in [4.69, 9.17) is 0 Å². The van der Waals surface area contributed by atoms with Crippen molar-refractivity contribution in [2.45, 2.75) is 39.2 Å². The number of carbonyl (C=O) groups excluding carboxylic acids is 3. The van der Waals surface area contributed by atoms with Crippen molar-refractivity contribution in [3.05, 3.63) is 65.5 Å². The number of rotatable bonds is 6. The molecule has 1 heterocycles. The Morgan fingerprint density at radius 3 is 2.52 bits per heavy atom. The van der Waals surface area contributed by atoms with Crippen LogP contribution in [0.3, 0.4) is 0 Å². The minimum atomic E-state index is -0.355. The average Bonchev–Trinajstić information content (AvgIpc) is 2.75. The van der Waals surface area contributed by atoms with Crippen molar-refractivity contribution in [3.63, 3.8) is 0 Å². The predicted molar refractivity (Wildman–Crippen MR) is 117 cm³/mol. The summed E-state index contributed by atoms with van der Waals surface area (Å²) in [4.78, 5) is 39.7. The highest BCUT2D eigenvalue weighted by Crippen LogP contribution is 2.22. The van der Waals surface area contributed by atoms with Gasteiger partial charge in [-0.3, -0.25) is 14.4 Å². The van der Waals surface area contributed by atoms with Crippen LogP contribution in [-0.2, 0) is 16.0 Å². The number of likely N-dealkylation sites (tertiary alicyclic amines) is 1. The lowest BCUT2D eigenvalue weighted by atomic mass is 9.96. The number of amides is 3. The first-order valence-electron chi connectivity index (χ1n) is 10.6. The fraction of sp³-hybridized carbons (Fsp3) is 0.375. The summed E-state index contributed by atoms with van der Waals surface area (Å²) in [6.45, 7) is 4.67. The van der Waals surface area contributed by atoms with E-state index in [9.17, 15) is 18.8 Å². The number of para-hydroxylation sites is 1. The van der Waals surface area contributed by atoms with E-state index in [0.29, 0.717) is 30.8 Å². The Hall–Kier alpha value is -3.22. The van der Waals surface area contributed by atoms with Gasteiger partial charge in [0, 0.05) is 19.1 Å². The Bertz CT molecular complexity index is 943. The Labute approximate surface area is 181 Å². The molecule has 31 heavy (non-hydrogen) atoms. The molecule has 1 aliphatic heterocycles. The van der Waals surface area contributed by atoms with Crippen molar-refractivity contribution in [2.75, 3.05) is 18.4 Å². The van der Waals surface area contributed by atoms with Crippen LogP contribution in [0.15, 0.2) is 48.5 Å². The van der Waals surface area contributed by atoms with Crippen LogP contribution in [0.4, 0.5) is 10.1 Å². The molecule has 2 aromatic carbocycles. The Kier molecular flexibility index (Phi) is 7.39. The van der Waals surface area contributed by atoms with Crippen LogP contribution >= 0.6 is 0 Å². The molecule has 1 aliphatic rings. The maximum atomic E-state index is 13.1. The number of hydrogen-bond acceptors (Lipinski definition) is 3. The Morgan fingerprint density at radius 1 is 1.10 bits per heavy atom. The second-order valence-corrected chi connectivity index (χ2v) is 8.15. The zero-order valence-corrected chi connectivity index (χ0v) is 17.9. The van der Waals surface area contributed by atoms with Gasteiger partial charge in [0.1, 0.15) is 5.82 Å². The normalized spacial score (nSPS) is 16.1. The number of anilines is 1. The van der Waals surface area contributed by atoms with Crippen molar-refractivity contribution >= 4 is 23.4 Å². The fourth-order valence-electron chi connectivity index (χ4n) is 3.67. The van der Waals surface area contributed by atoms with Crippen LogP contribution in [0.5, 0.6) is 0 Å². The maximum Gasteiger partial charge on any atom is 0.253 e. The van der Waals surface area contributed by atoms with E-state index >= 15 is 0 Å². The molecule has 0 bridgehead atoms. The second kappa shape index (κ2) is 10.2. The van der Waals surface area contributed by atoms with Crippen LogP contribution < -0.4 is 10.6 Å². The summed E-state index contributed by atoms with van der Waals surface area (Å²) in [5.41, 5.74) is 1.60. The molecule has 3 amide bonds. The van der Waals surface area contributed by atoms with E-state index < -0.39 is 0 Å². The molecule has 1 saturated heterocycles. The first-order chi connectivity index (χ1) is 14.8. The summed E-state index contributed by atoms with van der Waals surface area (Å²) in [5, 5.41) is 5.70. The van der Waals surface area contributed by atoms with E-state index in [2.05, 4.69) is 10.6 Å². The molecule has 1 fully saturated rings. The molecule has 0 aliphatic carbocycles. The molecule has 6 nitrogen and oxygen atoms in total. The lowest BCUT2D eigenvalue weighted by molar-refractivity contribution is -0.133. The lowest BCUT2D eigenvalue weighted by Gasteiger charge is -2.32. The molecular formula is C24H28FN3O3. The van der Waals surface area contributed by atoms with Gasteiger partial charge in [0.25, 0.3) is 5.91 Å². The highest BCUT2D eigenvalue weighted by atomic mass is 19.1. The topological polar surface area (TPSA) is 78.5 Å². The van der Waals surface area contributed by atoms with Gasteiger partial charge in [-0.05, 0) is 56.5 Å². The molecular weight excluding hydrogens is 397 g/mol. The van der Waals surface area contributed by atoms with Gasteiger partial charge < -0.3 is 15.5 Å². The van der Waals surface area contributed by atoms with Crippen molar-refractivity contribution in [3.8, 4) is 0 Å². The Balaban J connectivity index is 1.63. The van der Waals surface area contributed by atoms with E-state index in [1.165, 1.54) is 12.1 Å². The van der Waals surface area contributed by atoms with Gasteiger partial charge in [0.05, 0.1) is 23.6 Å². The van der Waals surface area contributed by atoms with E-state index in [1.54, 1.807) is 41.3 Å². The van der Waals surface area contributed by atoms with Gasteiger partial charge in [0.2, 0.25) is 11.8 Å². The number of piperidine rings is 1. The highest BCUT2D eigenvalue weighted by molar-refractivity contribution is 6.04. The van der Waals surface area contributed by atoms with Gasteiger partial charge in [-0.1, -0.05) is 24.3 Å². The minimum Gasteiger partial charge on any atom is -0.350 e. The number of halogens is 1. The van der Waals surface area contributed by atoms with Crippen molar-refractivity contribution < 1.29 is 18.8 Å². The van der Waals surface area contributed by atoms with Crippen LogP contribution in [-0.4, -0.2) is 41.8 Å². The third kappa shape index (κ3) is 6.13. The molecule has 1 atom stereocenters. The molecule has 7 heteroatoms.